The molecule has 1 aromatic rings. The van der Waals surface area contributed by atoms with Crippen LogP contribution in [0.25, 0.3) is 6.08 Å². The second-order valence-corrected chi connectivity index (χ2v) is 6.20. The topological polar surface area (TPSA) is 101 Å². The summed E-state index contributed by atoms with van der Waals surface area (Å²) in [6.45, 7) is 1.16. The average molecular weight is 310 g/mol. The zero-order valence-electron chi connectivity index (χ0n) is 11.1. The Bertz CT molecular complexity index is 619. The highest BCUT2D eigenvalue weighted by molar-refractivity contribution is 7.85. The lowest BCUT2D eigenvalue weighted by atomic mass is 10.1. The van der Waals surface area contributed by atoms with Crippen molar-refractivity contribution in [1.82, 2.24) is 0 Å². The molecule has 0 atom stereocenters. The predicted molar refractivity (Wildman–Crippen MR) is 79.9 cm³/mol. The number of carboxylic acid groups (broad SMARTS) is 1. The summed E-state index contributed by atoms with van der Waals surface area (Å²) < 4.78 is 11.4. The first kappa shape index (κ1) is 15.2. The van der Waals surface area contributed by atoms with E-state index in [0.29, 0.717) is 30.2 Å². The van der Waals surface area contributed by atoms with E-state index >= 15 is 0 Å². The number of hydrogen-bond donors (Lipinski definition) is 1. The van der Waals surface area contributed by atoms with Crippen molar-refractivity contribution >= 4 is 34.2 Å². The van der Waals surface area contributed by atoms with Crippen LogP contribution in [0.1, 0.15) is 5.56 Å². The SMILES string of the molecule is O=C(O)C=Cc1cc([N+](=O)[O-])ccc1N1CCS(=O)CC1. The Morgan fingerprint density at radius 1 is 1.38 bits per heavy atom. The van der Waals surface area contributed by atoms with Crippen LogP contribution in [0.15, 0.2) is 24.3 Å². The van der Waals surface area contributed by atoms with Gasteiger partial charge in [-0.25, -0.2) is 4.79 Å². The van der Waals surface area contributed by atoms with E-state index in [1.165, 1.54) is 18.2 Å². The normalized spacial score (nSPS) is 16.3. The molecule has 7 nitrogen and oxygen atoms in total. The number of carboxylic acids is 1. The third kappa shape index (κ3) is 3.88. The second kappa shape index (κ2) is 6.49. The van der Waals surface area contributed by atoms with Crippen LogP contribution in [0.5, 0.6) is 0 Å². The smallest absolute Gasteiger partial charge is 0.328 e. The van der Waals surface area contributed by atoms with E-state index < -0.39 is 21.7 Å². The van der Waals surface area contributed by atoms with Crippen molar-refractivity contribution in [2.24, 2.45) is 0 Å². The molecule has 2 rings (SSSR count). The minimum absolute atomic E-state index is 0.0932. The summed E-state index contributed by atoms with van der Waals surface area (Å²) in [4.78, 5) is 22.9. The Balaban J connectivity index is 2.36. The van der Waals surface area contributed by atoms with Crippen molar-refractivity contribution in [2.75, 3.05) is 29.5 Å². The van der Waals surface area contributed by atoms with Crippen molar-refractivity contribution in [1.29, 1.82) is 0 Å². The van der Waals surface area contributed by atoms with E-state index in [9.17, 15) is 19.1 Å². The number of nitrogens with zero attached hydrogens (tertiary/aromatic N) is 2. The minimum atomic E-state index is -1.12. The molecule has 0 unspecified atom stereocenters. The third-order valence-corrected chi connectivity index (χ3v) is 4.42. The van der Waals surface area contributed by atoms with Crippen LogP contribution in [0.2, 0.25) is 0 Å². The molecule has 1 heterocycles. The fourth-order valence-electron chi connectivity index (χ4n) is 2.12. The largest absolute Gasteiger partial charge is 0.478 e. The van der Waals surface area contributed by atoms with Gasteiger partial charge in [0.05, 0.1) is 4.92 Å². The van der Waals surface area contributed by atoms with E-state index in [1.54, 1.807) is 6.07 Å². The first-order valence-corrected chi connectivity index (χ1v) is 7.75. The Labute approximate surface area is 123 Å². The molecule has 0 saturated carbocycles. The monoisotopic (exact) mass is 310 g/mol. The van der Waals surface area contributed by atoms with Crippen LogP contribution in [0, 0.1) is 10.1 Å². The van der Waals surface area contributed by atoms with Gasteiger partial charge < -0.3 is 10.0 Å². The Morgan fingerprint density at radius 2 is 2.05 bits per heavy atom. The van der Waals surface area contributed by atoms with Crippen LogP contribution < -0.4 is 4.90 Å². The molecular formula is C13H14N2O5S. The minimum Gasteiger partial charge on any atom is -0.478 e. The molecule has 8 heteroatoms. The molecular weight excluding hydrogens is 296 g/mol. The maximum absolute atomic E-state index is 11.4. The van der Waals surface area contributed by atoms with Gasteiger partial charge in [-0.2, -0.15) is 0 Å². The standard InChI is InChI=1S/C13H14N2O5S/c16-13(17)4-1-10-9-11(15(18)19)2-3-12(10)14-5-7-21(20)8-6-14/h1-4,9H,5-8H2,(H,16,17). The number of anilines is 1. The van der Waals surface area contributed by atoms with E-state index in [1.807, 2.05) is 4.90 Å². The molecule has 0 aliphatic carbocycles. The van der Waals surface area contributed by atoms with Crippen LogP contribution in [0.3, 0.4) is 0 Å². The molecule has 1 fully saturated rings. The highest BCUT2D eigenvalue weighted by Gasteiger charge is 2.19. The average Bonchev–Trinajstić information content (AvgIpc) is 2.45. The van der Waals surface area contributed by atoms with E-state index in [0.717, 1.165) is 11.8 Å². The Morgan fingerprint density at radius 3 is 2.62 bits per heavy atom. The number of aliphatic carboxylic acids is 1. The highest BCUT2D eigenvalue weighted by atomic mass is 32.2. The lowest BCUT2D eigenvalue weighted by Gasteiger charge is -2.29. The summed E-state index contributed by atoms with van der Waals surface area (Å²) in [6.07, 6.45) is 2.29. The number of non-ortho nitro benzene ring substituents is 1. The van der Waals surface area contributed by atoms with Gasteiger partial charge in [-0.1, -0.05) is 0 Å². The molecule has 0 bridgehead atoms. The molecule has 0 spiro atoms. The van der Waals surface area contributed by atoms with E-state index in [4.69, 9.17) is 5.11 Å². The molecule has 0 amide bonds. The van der Waals surface area contributed by atoms with Gasteiger partial charge in [-0.15, -0.1) is 0 Å². The number of rotatable bonds is 4. The molecule has 1 aromatic carbocycles. The van der Waals surface area contributed by atoms with Crippen molar-refractivity contribution in [2.45, 2.75) is 0 Å². The van der Waals surface area contributed by atoms with Gasteiger partial charge in [0, 0.05) is 64.9 Å². The van der Waals surface area contributed by atoms with E-state index in [2.05, 4.69) is 0 Å². The summed E-state index contributed by atoms with van der Waals surface area (Å²) in [6, 6.07) is 4.34. The van der Waals surface area contributed by atoms with Crippen molar-refractivity contribution in [3.8, 4) is 0 Å². The summed E-state index contributed by atoms with van der Waals surface area (Å²) in [5.74, 6) is -0.0368. The number of nitro groups is 1. The molecule has 1 saturated heterocycles. The second-order valence-electron chi connectivity index (χ2n) is 4.51. The zero-order valence-corrected chi connectivity index (χ0v) is 11.9. The van der Waals surface area contributed by atoms with Crippen molar-refractivity contribution in [3.63, 3.8) is 0 Å². The third-order valence-electron chi connectivity index (χ3n) is 3.15. The van der Waals surface area contributed by atoms with Crippen molar-refractivity contribution < 1.29 is 19.0 Å². The molecule has 0 radical (unpaired) electrons. The predicted octanol–water partition coefficient (Wildman–Crippen LogP) is 1.26. The van der Waals surface area contributed by atoms with Gasteiger partial charge in [0.25, 0.3) is 5.69 Å². The Hall–Kier alpha value is -2.22. The first-order chi connectivity index (χ1) is 9.97. The lowest BCUT2D eigenvalue weighted by Crippen LogP contribution is -2.38. The summed E-state index contributed by atoms with van der Waals surface area (Å²) in [7, 11) is -0.826. The van der Waals surface area contributed by atoms with E-state index in [-0.39, 0.29) is 5.69 Å². The van der Waals surface area contributed by atoms with Gasteiger partial charge in [0.1, 0.15) is 0 Å². The maximum Gasteiger partial charge on any atom is 0.328 e. The highest BCUT2D eigenvalue weighted by Crippen LogP contribution is 2.27. The first-order valence-electron chi connectivity index (χ1n) is 6.27. The molecule has 1 N–H and O–H groups in total. The van der Waals surface area contributed by atoms with Crippen molar-refractivity contribution in [3.05, 3.63) is 40.0 Å². The quantitative estimate of drug-likeness (QED) is 0.510. The number of hydrogen-bond acceptors (Lipinski definition) is 5. The number of carbonyl (C=O) groups is 1. The molecule has 0 aromatic heterocycles. The van der Waals surface area contributed by atoms with Gasteiger partial charge in [-0.05, 0) is 12.1 Å². The van der Waals surface area contributed by atoms with Crippen LogP contribution in [-0.2, 0) is 15.6 Å². The van der Waals surface area contributed by atoms with Crippen LogP contribution >= 0.6 is 0 Å². The number of benzene rings is 1. The maximum atomic E-state index is 11.4. The fourth-order valence-corrected chi connectivity index (χ4v) is 3.17. The summed E-state index contributed by atoms with van der Waals surface area (Å²) in [5, 5.41) is 19.5. The lowest BCUT2D eigenvalue weighted by molar-refractivity contribution is -0.384. The summed E-state index contributed by atoms with van der Waals surface area (Å²) in [5.41, 5.74) is 1.10. The van der Waals surface area contributed by atoms with Crippen LogP contribution in [-0.4, -0.2) is 44.8 Å². The Kier molecular flexibility index (Phi) is 4.69. The van der Waals surface area contributed by atoms with Gasteiger partial charge >= 0.3 is 5.97 Å². The molecule has 1 aliphatic heterocycles. The summed E-state index contributed by atoms with van der Waals surface area (Å²) >= 11 is 0. The number of nitro benzene ring substituents is 1. The molecule has 112 valence electrons. The molecule has 1 aliphatic rings. The zero-order chi connectivity index (χ0) is 15.4. The fraction of sp³-hybridized carbons (Fsp3) is 0.308. The molecule has 21 heavy (non-hydrogen) atoms. The van der Waals surface area contributed by atoms with Gasteiger partial charge in [-0.3, -0.25) is 14.3 Å². The van der Waals surface area contributed by atoms with Gasteiger partial charge in [0.15, 0.2) is 0 Å². The van der Waals surface area contributed by atoms with Gasteiger partial charge in [0.2, 0.25) is 0 Å². The van der Waals surface area contributed by atoms with Crippen LogP contribution in [0.4, 0.5) is 11.4 Å².